The molecule has 1 amide bonds. The largest absolute Gasteiger partial charge is 0.370 e. The monoisotopic (exact) mass is 467 g/mol. The van der Waals surface area contributed by atoms with Gasteiger partial charge in [-0.1, -0.05) is 30.7 Å². The van der Waals surface area contributed by atoms with E-state index in [0.29, 0.717) is 30.9 Å². The van der Waals surface area contributed by atoms with Crippen molar-refractivity contribution in [3.05, 3.63) is 66.7 Å². The number of anilines is 2. The van der Waals surface area contributed by atoms with Gasteiger partial charge in [0.25, 0.3) is 5.91 Å². The van der Waals surface area contributed by atoms with Gasteiger partial charge in [-0.2, -0.15) is 4.31 Å². The Balaban J connectivity index is 1.76. The van der Waals surface area contributed by atoms with Crippen molar-refractivity contribution >= 4 is 27.3 Å². The number of benzene rings is 2. The number of carbonyl (C=O) groups is 1. The fourth-order valence-electron chi connectivity index (χ4n) is 4.69. The highest BCUT2D eigenvalue weighted by molar-refractivity contribution is 7.89. The molecule has 2 aliphatic rings. The molecule has 0 saturated carbocycles. The van der Waals surface area contributed by atoms with Crippen LogP contribution in [-0.2, 0) is 10.0 Å². The second-order valence-electron chi connectivity index (χ2n) is 8.73. The number of para-hydroxylation sites is 1. The number of carbonyl (C=O) groups excluding carboxylic acids is 1. The maximum absolute atomic E-state index is 13.7. The zero-order valence-corrected chi connectivity index (χ0v) is 20.0. The summed E-state index contributed by atoms with van der Waals surface area (Å²) in [5.41, 5.74) is 1.84. The Morgan fingerprint density at radius 3 is 2.18 bits per heavy atom. The summed E-state index contributed by atoms with van der Waals surface area (Å²) in [4.78, 5) is 17.6. The first-order valence-corrected chi connectivity index (χ1v) is 13.3. The van der Waals surface area contributed by atoms with E-state index >= 15 is 0 Å². The maximum atomic E-state index is 13.7. The highest BCUT2D eigenvalue weighted by Crippen LogP contribution is 2.33. The Bertz CT molecular complexity index is 1070. The van der Waals surface area contributed by atoms with E-state index in [4.69, 9.17) is 0 Å². The molecule has 2 aromatic carbocycles. The van der Waals surface area contributed by atoms with Crippen molar-refractivity contribution in [1.82, 2.24) is 4.31 Å². The second kappa shape index (κ2) is 10.5. The van der Waals surface area contributed by atoms with Crippen LogP contribution >= 0.6 is 0 Å². The SMILES string of the molecule is C=CCN(C(=O)c1ccc(N2CCCCC2)c(S(=O)(=O)N2CCCCC2)c1)c1ccccc1. The van der Waals surface area contributed by atoms with Gasteiger partial charge in [0.2, 0.25) is 10.0 Å². The smallest absolute Gasteiger partial charge is 0.258 e. The molecule has 2 aromatic rings. The highest BCUT2D eigenvalue weighted by Gasteiger charge is 2.31. The minimum Gasteiger partial charge on any atom is -0.370 e. The van der Waals surface area contributed by atoms with Crippen molar-refractivity contribution in [3.63, 3.8) is 0 Å². The van der Waals surface area contributed by atoms with Gasteiger partial charge in [-0.25, -0.2) is 8.42 Å². The van der Waals surface area contributed by atoms with Gasteiger partial charge in [-0.15, -0.1) is 6.58 Å². The van der Waals surface area contributed by atoms with Crippen LogP contribution in [0.4, 0.5) is 11.4 Å². The van der Waals surface area contributed by atoms with Crippen molar-refractivity contribution in [2.75, 3.05) is 42.5 Å². The van der Waals surface area contributed by atoms with Crippen LogP contribution in [0.3, 0.4) is 0 Å². The van der Waals surface area contributed by atoms with E-state index < -0.39 is 10.0 Å². The minimum atomic E-state index is -3.70. The number of hydrogen-bond acceptors (Lipinski definition) is 4. The van der Waals surface area contributed by atoms with Gasteiger partial charge in [0, 0.05) is 44.0 Å². The molecule has 0 radical (unpaired) electrons. The fraction of sp³-hybridized carbons (Fsp3) is 0.423. The summed E-state index contributed by atoms with van der Waals surface area (Å²) in [5, 5.41) is 0. The molecule has 7 heteroatoms. The lowest BCUT2D eigenvalue weighted by Crippen LogP contribution is -2.38. The highest BCUT2D eigenvalue weighted by atomic mass is 32.2. The van der Waals surface area contributed by atoms with Crippen molar-refractivity contribution in [2.24, 2.45) is 0 Å². The first-order valence-electron chi connectivity index (χ1n) is 11.9. The quantitative estimate of drug-likeness (QED) is 0.555. The predicted molar refractivity (Wildman–Crippen MR) is 133 cm³/mol. The van der Waals surface area contributed by atoms with Crippen LogP contribution in [0.2, 0.25) is 0 Å². The lowest BCUT2D eigenvalue weighted by atomic mass is 10.1. The molecule has 6 nitrogen and oxygen atoms in total. The van der Waals surface area contributed by atoms with Crippen LogP contribution in [0.1, 0.15) is 48.9 Å². The average molecular weight is 468 g/mol. The summed E-state index contributed by atoms with van der Waals surface area (Å²) in [5.74, 6) is -0.235. The van der Waals surface area contributed by atoms with Gasteiger partial charge in [0.15, 0.2) is 0 Å². The molecular formula is C26H33N3O3S. The van der Waals surface area contributed by atoms with Crippen LogP contribution in [0.15, 0.2) is 66.1 Å². The Morgan fingerprint density at radius 1 is 0.909 bits per heavy atom. The van der Waals surface area contributed by atoms with Crippen molar-refractivity contribution in [1.29, 1.82) is 0 Å². The molecular weight excluding hydrogens is 434 g/mol. The number of sulfonamides is 1. The number of piperidine rings is 2. The number of nitrogens with zero attached hydrogens (tertiary/aromatic N) is 3. The first-order chi connectivity index (χ1) is 16.0. The van der Waals surface area contributed by atoms with Crippen molar-refractivity contribution in [2.45, 2.75) is 43.4 Å². The molecule has 2 saturated heterocycles. The Morgan fingerprint density at radius 2 is 1.55 bits per heavy atom. The zero-order valence-electron chi connectivity index (χ0n) is 19.2. The Kier molecular flexibility index (Phi) is 7.50. The first kappa shape index (κ1) is 23.5. The van der Waals surface area contributed by atoms with Crippen LogP contribution in [0.5, 0.6) is 0 Å². The molecule has 4 rings (SSSR count). The zero-order chi connectivity index (χ0) is 23.3. The van der Waals surface area contributed by atoms with Crippen molar-refractivity contribution in [3.8, 4) is 0 Å². The molecule has 0 bridgehead atoms. The fourth-order valence-corrected chi connectivity index (χ4v) is 6.45. The average Bonchev–Trinajstić information content (AvgIpc) is 2.88. The van der Waals surface area contributed by atoms with E-state index in [0.717, 1.165) is 57.3 Å². The summed E-state index contributed by atoms with van der Waals surface area (Å²) in [6, 6.07) is 14.6. The summed E-state index contributed by atoms with van der Waals surface area (Å²) < 4.78 is 29.1. The third-order valence-corrected chi connectivity index (χ3v) is 8.39. The van der Waals surface area contributed by atoms with Crippen LogP contribution < -0.4 is 9.80 Å². The molecule has 0 spiro atoms. The number of rotatable bonds is 7. The maximum Gasteiger partial charge on any atom is 0.258 e. The summed E-state index contributed by atoms with van der Waals surface area (Å²) >= 11 is 0. The Hall–Kier alpha value is -2.64. The van der Waals surface area contributed by atoms with Gasteiger partial charge >= 0.3 is 0 Å². The minimum absolute atomic E-state index is 0.235. The van der Waals surface area contributed by atoms with Crippen LogP contribution in [-0.4, -0.2) is 51.4 Å². The van der Waals surface area contributed by atoms with E-state index in [1.165, 1.54) is 0 Å². The van der Waals surface area contributed by atoms with E-state index in [9.17, 15) is 13.2 Å². The molecule has 2 aliphatic heterocycles. The molecule has 0 unspecified atom stereocenters. The molecule has 33 heavy (non-hydrogen) atoms. The lowest BCUT2D eigenvalue weighted by molar-refractivity contribution is 0.0989. The summed E-state index contributed by atoms with van der Waals surface area (Å²) in [6.45, 7) is 6.87. The molecule has 0 atom stereocenters. The van der Waals surface area contributed by atoms with Gasteiger partial charge < -0.3 is 9.80 Å². The normalized spacial score (nSPS) is 17.5. The molecule has 176 valence electrons. The standard InChI is InChI=1S/C26H33N3O3S/c1-2-16-29(23-12-6-3-7-13-23)26(30)22-14-15-24(27-17-8-4-9-18-27)25(21-22)33(31,32)28-19-10-5-11-20-28/h2-3,6-7,12-15,21H,1,4-5,8-11,16-20H2. The van der Waals surface area contributed by atoms with Gasteiger partial charge in [-0.3, -0.25) is 4.79 Å². The van der Waals surface area contributed by atoms with Crippen LogP contribution in [0.25, 0.3) is 0 Å². The molecule has 0 aliphatic carbocycles. The lowest BCUT2D eigenvalue weighted by Gasteiger charge is -2.33. The number of hydrogen-bond donors (Lipinski definition) is 0. The summed E-state index contributed by atoms with van der Waals surface area (Å²) in [6.07, 6.45) is 7.73. The molecule has 2 fully saturated rings. The number of amides is 1. The van der Waals surface area contributed by atoms with E-state index in [2.05, 4.69) is 11.5 Å². The molecule has 2 heterocycles. The molecule has 0 aromatic heterocycles. The third kappa shape index (κ3) is 5.14. The molecule has 0 N–H and O–H groups in total. The van der Waals surface area contributed by atoms with Gasteiger partial charge in [0.05, 0.1) is 5.69 Å². The topological polar surface area (TPSA) is 60.9 Å². The predicted octanol–water partition coefficient (Wildman–Crippen LogP) is 4.68. The van der Waals surface area contributed by atoms with Crippen molar-refractivity contribution < 1.29 is 13.2 Å². The summed E-state index contributed by atoms with van der Waals surface area (Å²) in [7, 11) is -3.70. The van der Waals surface area contributed by atoms with Crippen LogP contribution in [0, 0.1) is 0 Å². The Labute approximate surface area is 197 Å². The van der Waals surface area contributed by atoms with E-state index in [1.807, 2.05) is 36.4 Å². The van der Waals surface area contributed by atoms with E-state index in [1.54, 1.807) is 27.4 Å². The van der Waals surface area contributed by atoms with Gasteiger partial charge in [0.1, 0.15) is 4.90 Å². The second-order valence-corrected chi connectivity index (χ2v) is 10.6. The van der Waals surface area contributed by atoms with Gasteiger partial charge in [-0.05, 0) is 62.4 Å². The van der Waals surface area contributed by atoms with E-state index in [-0.39, 0.29) is 10.8 Å². The third-order valence-electron chi connectivity index (χ3n) is 6.46.